The van der Waals surface area contributed by atoms with Crippen LogP contribution in [0.2, 0.25) is 0 Å². The molecule has 0 fully saturated rings. The monoisotopic (exact) mass is 306 g/mol. The number of anilines is 1. The predicted octanol–water partition coefficient (Wildman–Crippen LogP) is 3.36. The minimum atomic E-state index is -0.440. The van der Waals surface area contributed by atoms with Gasteiger partial charge in [0.25, 0.3) is 0 Å². The standard InChI is InChI=1S/C14H15BrN2O/c1-3-5-10(6-4-2)14(18)13(15)11-7-8-17-12(16)9-11/h3-9,13H,1H2,2H3,(H2,16,17)/b6-4-,10-5+. The lowest BCUT2D eigenvalue weighted by Gasteiger charge is -2.10. The first-order chi connectivity index (χ1) is 8.60. The van der Waals surface area contributed by atoms with E-state index in [0.29, 0.717) is 11.4 Å². The fourth-order valence-corrected chi connectivity index (χ4v) is 2.00. The van der Waals surface area contributed by atoms with Gasteiger partial charge in [-0.3, -0.25) is 4.79 Å². The SMILES string of the molecule is C=C/C=C(\C=C/C)C(=O)C(Br)c1ccnc(N)c1. The van der Waals surface area contributed by atoms with E-state index in [1.54, 1.807) is 36.6 Å². The molecule has 0 aliphatic heterocycles. The molecular formula is C14H15BrN2O. The zero-order valence-corrected chi connectivity index (χ0v) is 11.7. The van der Waals surface area contributed by atoms with E-state index in [9.17, 15) is 4.79 Å². The Morgan fingerprint density at radius 3 is 2.89 bits per heavy atom. The molecule has 0 aromatic carbocycles. The molecule has 1 rings (SSSR count). The molecule has 94 valence electrons. The maximum absolute atomic E-state index is 12.3. The fourth-order valence-electron chi connectivity index (χ4n) is 1.45. The Labute approximate surface area is 115 Å². The van der Waals surface area contributed by atoms with Crippen LogP contribution >= 0.6 is 15.9 Å². The lowest BCUT2D eigenvalue weighted by atomic mass is 10.0. The fraction of sp³-hybridized carbons (Fsp3) is 0.143. The quantitative estimate of drug-likeness (QED) is 0.515. The number of Topliss-reactive ketones (excluding diaryl/α,β-unsaturated/α-hetero) is 1. The molecule has 1 heterocycles. The maximum Gasteiger partial charge on any atom is 0.180 e. The molecule has 1 unspecified atom stereocenters. The summed E-state index contributed by atoms with van der Waals surface area (Å²) in [5.74, 6) is 0.351. The maximum atomic E-state index is 12.3. The molecule has 18 heavy (non-hydrogen) atoms. The summed E-state index contributed by atoms with van der Waals surface area (Å²) in [6.07, 6.45) is 8.42. The molecule has 0 amide bonds. The van der Waals surface area contributed by atoms with Crippen LogP contribution in [0.5, 0.6) is 0 Å². The van der Waals surface area contributed by atoms with Gasteiger partial charge in [0.2, 0.25) is 0 Å². The third kappa shape index (κ3) is 3.67. The van der Waals surface area contributed by atoms with Crippen LogP contribution in [0.4, 0.5) is 5.82 Å². The van der Waals surface area contributed by atoms with E-state index in [4.69, 9.17) is 5.73 Å². The summed E-state index contributed by atoms with van der Waals surface area (Å²) in [5, 5.41) is 0. The number of halogens is 1. The number of nitrogens with zero attached hydrogens (tertiary/aromatic N) is 1. The Bertz CT molecular complexity index is 506. The molecule has 2 N–H and O–H groups in total. The highest BCUT2D eigenvalue weighted by molar-refractivity contribution is 9.09. The predicted molar refractivity (Wildman–Crippen MR) is 78.4 cm³/mol. The normalized spacial score (nSPS) is 13.6. The number of pyridine rings is 1. The highest BCUT2D eigenvalue weighted by Crippen LogP contribution is 2.27. The van der Waals surface area contributed by atoms with Gasteiger partial charge in [0.05, 0.1) is 0 Å². The van der Waals surface area contributed by atoms with Gasteiger partial charge in [0.15, 0.2) is 5.78 Å². The van der Waals surface area contributed by atoms with Crippen LogP contribution in [-0.2, 0) is 4.79 Å². The molecule has 3 nitrogen and oxygen atoms in total. The molecule has 1 aromatic heterocycles. The minimum Gasteiger partial charge on any atom is -0.384 e. The van der Waals surface area contributed by atoms with Crippen molar-refractivity contribution in [3.05, 3.63) is 60.3 Å². The number of aromatic nitrogens is 1. The second-order valence-corrected chi connectivity index (χ2v) is 4.51. The number of nitrogens with two attached hydrogens (primary N) is 1. The lowest BCUT2D eigenvalue weighted by molar-refractivity contribution is -0.114. The van der Waals surface area contributed by atoms with Gasteiger partial charge in [0, 0.05) is 11.8 Å². The molecule has 0 saturated heterocycles. The van der Waals surface area contributed by atoms with Crippen molar-refractivity contribution in [2.45, 2.75) is 11.8 Å². The van der Waals surface area contributed by atoms with Crippen molar-refractivity contribution in [2.75, 3.05) is 5.73 Å². The lowest BCUT2D eigenvalue weighted by Crippen LogP contribution is -2.09. The number of nitrogen functional groups attached to an aromatic ring is 1. The van der Waals surface area contributed by atoms with Crippen molar-refractivity contribution >= 4 is 27.5 Å². The van der Waals surface area contributed by atoms with Crippen LogP contribution in [0.15, 0.2) is 54.8 Å². The highest BCUT2D eigenvalue weighted by Gasteiger charge is 2.19. The molecule has 0 aliphatic carbocycles. The third-order valence-electron chi connectivity index (χ3n) is 2.26. The Morgan fingerprint density at radius 2 is 2.33 bits per heavy atom. The van der Waals surface area contributed by atoms with Crippen LogP contribution in [-0.4, -0.2) is 10.8 Å². The van der Waals surface area contributed by atoms with E-state index in [0.717, 1.165) is 5.56 Å². The molecule has 0 bridgehead atoms. The van der Waals surface area contributed by atoms with Crippen molar-refractivity contribution in [1.82, 2.24) is 4.98 Å². The molecule has 4 heteroatoms. The third-order valence-corrected chi connectivity index (χ3v) is 3.20. The Hall–Kier alpha value is -1.68. The second-order valence-electron chi connectivity index (χ2n) is 3.60. The molecule has 0 aliphatic rings. The second kappa shape index (κ2) is 6.91. The highest BCUT2D eigenvalue weighted by atomic mass is 79.9. The molecular weight excluding hydrogens is 292 g/mol. The summed E-state index contributed by atoms with van der Waals surface area (Å²) < 4.78 is 0. The van der Waals surface area contributed by atoms with E-state index in [-0.39, 0.29) is 5.78 Å². The summed E-state index contributed by atoms with van der Waals surface area (Å²) in [7, 11) is 0. The van der Waals surface area contributed by atoms with Crippen molar-refractivity contribution in [3.8, 4) is 0 Å². The van der Waals surface area contributed by atoms with Crippen molar-refractivity contribution in [3.63, 3.8) is 0 Å². The summed E-state index contributed by atoms with van der Waals surface area (Å²) in [4.78, 5) is 15.7. The molecule has 1 aromatic rings. The summed E-state index contributed by atoms with van der Waals surface area (Å²) in [5.41, 5.74) is 6.97. The number of carbonyl (C=O) groups excluding carboxylic acids is 1. The summed E-state index contributed by atoms with van der Waals surface area (Å²) in [6.45, 7) is 5.46. The average Bonchev–Trinajstić information content (AvgIpc) is 2.37. The number of allylic oxidation sites excluding steroid dienone is 5. The number of alkyl halides is 1. The van der Waals surface area contributed by atoms with E-state index < -0.39 is 4.83 Å². The molecule has 1 atom stereocenters. The average molecular weight is 307 g/mol. The number of rotatable bonds is 5. The largest absolute Gasteiger partial charge is 0.384 e. The smallest absolute Gasteiger partial charge is 0.180 e. The van der Waals surface area contributed by atoms with Gasteiger partial charge < -0.3 is 5.73 Å². The topological polar surface area (TPSA) is 56.0 Å². The van der Waals surface area contributed by atoms with Crippen molar-refractivity contribution < 1.29 is 4.79 Å². The van der Waals surface area contributed by atoms with Gasteiger partial charge in [-0.15, -0.1) is 0 Å². The summed E-state index contributed by atoms with van der Waals surface area (Å²) in [6, 6.07) is 3.44. The minimum absolute atomic E-state index is 0.0430. The van der Waals surface area contributed by atoms with Crippen LogP contribution < -0.4 is 5.73 Å². The molecule has 0 spiro atoms. The van der Waals surface area contributed by atoms with E-state index in [1.165, 1.54) is 0 Å². The van der Waals surface area contributed by atoms with E-state index in [2.05, 4.69) is 27.5 Å². The van der Waals surface area contributed by atoms with Gasteiger partial charge in [0.1, 0.15) is 10.6 Å². The van der Waals surface area contributed by atoms with Crippen molar-refractivity contribution in [2.24, 2.45) is 0 Å². The van der Waals surface area contributed by atoms with Gasteiger partial charge in [-0.05, 0) is 24.6 Å². The number of ketones is 1. The molecule has 0 saturated carbocycles. The Balaban J connectivity index is 3.02. The van der Waals surface area contributed by atoms with E-state index >= 15 is 0 Å². The number of carbonyl (C=O) groups is 1. The Morgan fingerprint density at radius 1 is 1.61 bits per heavy atom. The zero-order chi connectivity index (χ0) is 13.5. The first-order valence-corrected chi connectivity index (χ1v) is 6.36. The van der Waals surface area contributed by atoms with Crippen LogP contribution in [0.25, 0.3) is 0 Å². The van der Waals surface area contributed by atoms with Gasteiger partial charge in [-0.1, -0.05) is 46.8 Å². The number of hydrogen-bond donors (Lipinski definition) is 1. The Kier molecular flexibility index (Phi) is 5.52. The van der Waals surface area contributed by atoms with Crippen LogP contribution in [0, 0.1) is 0 Å². The first kappa shape index (κ1) is 14.4. The van der Waals surface area contributed by atoms with Crippen molar-refractivity contribution in [1.29, 1.82) is 0 Å². The first-order valence-electron chi connectivity index (χ1n) is 5.45. The van der Waals surface area contributed by atoms with Gasteiger partial charge in [-0.25, -0.2) is 4.98 Å². The molecule has 0 radical (unpaired) electrons. The number of hydrogen-bond acceptors (Lipinski definition) is 3. The summed E-state index contributed by atoms with van der Waals surface area (Å²) >= 11 is 3.38. The van der Waals surface area contributed by atoms with E-state index in [1.807, 2.05) is 13.0 Å². The van der Waals surface area contributed by atoms with Gasteiger partial charge >= 0.3 is 0 Å². The van der Waals surface area contributed by atoms with Crippen LogP contribution in [0.3, 0.4) is 0 Å². The van der Waals surface area contributed by atoms with Crippen LogP contribution in [0.1, 0.15) is 17.3 Å². The van der Waals surface area contributed by atoms with Gasteiger partial charge in [-0.2, -0.15) is 0 Å². The zero-order valence-electron chi connectivity index (χ0n) is 10.1.